The average molecular weight is 309 g/mol. The third-order valence-electron chi connectivity index (χ3n) is 5.25. The Labute approximate surface area is 139 Å². The molecular formula is C21H27NO. The molecule has 1 aromatic heterocycles. The van der Waals surface area contributed by atoms with E-state index in [0.29, 0.717) is 12.2 Å². The van der Waals surface area contributed by atoms with Gasteiger partial charge in [0.1, 0.15) is 0 Å². The molecule has 0 bridgehead atoms. The third kappa shape index (κ3) is 3.57. The van der Waals surface area contributed by atoms with Gasteiger partial charge in [-0.3, -0.25) is 4.79 Å². The topological polar surface area (TPSA) is 22.0 Å². The highest BCUT2D eigenvalue weighted by Crippen LogP contribution is 2.29. The maximum Gasteiger partial charge on any atom is 0.164 e. The van der Waals surface area contributed by atoms with Gasteiger partial charge in [-0.2, -0.15) is 0 Å². The summed E-state index contributed by atoms with van der Waals surface area (Å²) < 4.78 is 2.19. The minimum Gasteiger partial charge on any atom is -0.318 e. The van der Waals surface area contributed by atoms with Crippen molar-refractivity contribution in [1.82, 2.24) is 4.57 Å². The summed E-state index contributed by atoms with van der Waals surface area (Å²) >= 11 is 0. The lowest BCUT2D eigenvalue weighted by molar-refractivity contribution is 0.0969. The number of rotatable bonds is 5. The smallest absolute Gasteiger partial charge is 0.164 e. The molecule has 122 valence electrons. The molecule has 1 aromatic carbocycles. The van der Waals surface area contributed by atoms with Crippen LogP contribution in [0.2, 0.25) is 0 Å². The summed E-state index contributed by atoms with van der Waals surface area (Å²) in [5.74, 6) is 1.08. The van der Waals surface area contributed by atoms with Gasteiger partial charge in [0.15, 0.2) is 5.78 Å². The molecule has 3 rings (SSSR count). The minimum atomic E-state index is 0.311. The van der Waals surface area contributed by atoms with Gasteiger partial charge < -0.3 is 4.57 Å². The zero-order chi connectivity index (χ0) is 16.2. The molecule has 0 atom stereocenters. The molecule has 0 radical (unpaired) electrons. The lowest BCUT2D eigenvalue weighted by atomic mass is 9.85. The van der Waals surface area contributed by atoms with Crippen LogP contribution in [0.3, 0.4) is 0 Å². The van der Waals surface area contributed by atoms with E-state index in [1.165, 1.54) is 32.1 Å². The highest BCUT2D eigenvalue weighted by atomic mass is 16.1. The van der Waals surface area contributed by atoms with Crippen molar-refractivity contribution in [3.63, 3.8) is 0 Å². The summed E-state index contributed by atoms with van der Waals surface area (Å²) in [6.45, 7) is 4.14. The van der Waals surface area contributed by atoms with E-state index in [0.717, 1.165) is 35.0 Å². The summed E-state index contributed by atoms with van der Waals surface area (Å²) in [5, 5.41) is 0. The van der Waals surface area contributed by atoms with Gasteiger partial charge in [0, 0.05) is 29.1 Å². The summed E-state index contributed by atoms with van der Waals surface area (Å²) in [5.41, 5.74) is 4.24. The van der Waals surface area contributed by atoms with Crippen LogP contribution in [0.5, 0.6) is 0 Å². The van der Waals surface area contributed by atoms with Crippen molar-refractivity contribution in [2.24, 2.45) is 5.92 Å². The van der Waals surface area contributed by atoms with Crippen LogP contribution in [0.15, 0.2) is 36.4 Å². The second-order valence-electron chi connectivity index (χ2n) is 6.92. The fourth-order valence-corrected chi connectivity index (χ4v) is 3.97. The number of hydrogen-bond acceptors (Lipinski definition) is 1. The number of nitrogens with zero attached hydrogens (tertiary/aromatic N) is 1. The molecule has 2 aromatic rings. The SMILES string of the molecule is Cc1cc(C(=O)CCC2CCCCC2)c(C)n1-c1ccccc1. The van der Waals surface area contributed by atoms with Crippen LogP contribution in [0.4, 0.5) is 0 Å². The highest BCUT2D eigenvalue weighted by Gasteiger charge is 2.19. The van der Waals surface area contributed by atoms with Gasteiger partial charge in [0.25, 0.3) is 0 Å². The number of aryl methyl sites for hydroxylation is 1. The predicted octanol–water partition coefficient (Wildman–Crippen LogP) is 5.64. The average Bonchev–Trinajstić information content (AvgIpc) is 2.89. The molecule has 0 amide bonds. The zero-order valence-electron chi connectivity index (χ0n) is 14.3. The molecule has 0 spiro atoms. The van der Waals surface area contributed by atoms with E-state index < -0.39 is 0 Å². The first-order valence-electron chi connectivity index (χ1n) is 8.94. The summed E-state index contributed by atoms with van der Waals surface area (Å²) in [7, 11) is 0. The molecule has 2 heteroatoms. The Morgan fingerprint density at radius 2 is 1.78 bits per heavy atom. The van der Waals surface area contributed by atoms with Crippen molar-refractivity contribution in [2.45, 2.75) is 58.8 Å². The summed E-state index contributed by atoms with van der Waals surface area (Å²) in [6.07, 6.45) is 8.47. The van der Waals surface area contributed by atoms with E-state index in [2.05, 4.69) is 36.6 Å². The molecule has 0 saturated heterocycles. The number of aromatic nitrogens is 1. The van der Waals surface area contributed by atoms with Gasteiger partial charge >= 0.3 is 0 Å². The number of carbonyl (C=O) groups is 1. The fourth-order valence-electron chi connectivity index (χ4n) is 3.97. The fraction of sp³-hybridized carbons (Fsp3) is 0.476. The molecule has 0 unspecified atom stereocenters. The molecule has 1 saturated carbocycles. The maximum absolute atomic E-state index is 12.7. The Hall–Kier alpha value is -1.83. The Morgan fingerprint density at radius 1 is 1.09 bits per heavy atom. The Bertz CT molecular complexity index is 663. The van der Waals surface area contributed by atoms with E-state index in [4.69, 9.17) is 0 Å². The monoisotopic (exact) mass is 309 g/mol. The largest absolute Gasteiger partial charge is 0.318 e. The van der Waals surface area contributed by atoms with E-state index in [1.807, 2.05) is 18.2 Å². The van der Waals surface area contributed by atoms with Gasteiger partial charge in [0.05, 0.1) is 0 Å². The molecular weight excluding hydrogens is 282 g/mol. The van der Waals surface area contributed by atoms with Crippen LogP contribution in [0, 0.1) is 19.8 Å². The summed E-state index contributed by atoms with van der Waals surface area (Å²) in [4.78, 5) is 12.7. The van der Waals surface area contributed by atoms with Gasteiger partial charge in [-0.25, -0.2) is 0 Å². The van der Waals surface area contributed by atoms with Crippen molar-refractivity contribution >= 4 is 5.78 Å². The lowest BCUT2D eigenvalue weighted by Gasteiger charge is -2.20. The highest BCUT2D eigenvalue weighted by molar-refractivity contribution is 5.97. The molecule has 0 N–H and O–H groups in total. The molecule has 1 heterocycles. The maximum atomic E-state index is 12.7. The Balaban J connectivity index is 1.74. The minimum absolute atomic E-state index is 0.311. The number of Topliss-reactive ketones (excluding diaryl/α,β-unsaturated/α-hetero) is 1. The van der Waals surface area contributed by atoms with Gasteiger partial charge in [-0.15, -0.1) is 0 Å². The molecule has 0 aliphatic heterocycles. The van der Waals surface area contributed by atoms with E-state index in [9.17, 15) is 4.79 Å². The normalized spacial score (nSPS) is 15.7. The van der Waals surface area contributed by atoms with Gasteiger partial charge in [0.2, 0.25) is 0 Å². The van der Waals surface area contributed by atoms with Gasteiger partial charge in [-0.1, -0.05) is 50.3 Å². The standard InChI is InChI=1S/C21H27NO/c1-16-15-20(17(2)22(16)19-11-7-4-8-12-19)21(23)14-13-18-9-5-3-6-10-18/h4,7-8,11-12,15,18H,3,5-6,9-10,13-14H2,1-2H3. The second kappa shape index (κ2) is 7.16. The van der Waals surface area contributed by atoms with Crippen LogP contribution in [0.25, 0.3) is 5.69 Å². The van der Waals surface area contributed by atoms with Crippen LogP contribution in [0.1, 0.15) is 66.7 Å². The molecule has 23 heavy (non-hydrogen) atoms. The first-order chi connectivity index (χ1) is 11.2. The van der Waals surface area contributed by atoms with E-state index >= 15 is 0 Å². The van der Waals surface area contributed by atoms with Crippen molar-refractivity contribution in [3.05, 3.63) is 53.3 Å². The van der Waals surface area contributed by atoms with Crippen LogP contribution < -0.4 is 0 Å². The van der Waals surface area contributed by atoms with E-state index in [1.54, 1.807) is 0 Å². The van der Waals surface area contributed by atoms with Crippen molar-refractivity contribution in [1.29, 1.82) is 0 Å². The number of para-hydroxylation sites is 1. The molecule has 1 aliphatic rings. The van der Waals surface area contributed by atoms with Crippen LogP contribution >= 0.6 is 0 Å². The summed E-state index contributed by atoms with van der Waals surface area (Å²) in [6, 6.07) is 12.4. The number of ketones is 1. The van der Waals surface area contributed by atoms with Crippen molar-refractivity contribution in [2.75, 3.05) is 0 Å². The van der Waals surface area contributed by atoms with Crippen LogP contribution in [-0.2, 0) is 0 Å². The van der Waals surface area contributed by atoms with Crippen LogP contribution in [-0.4, -0.2) is 10.4 Å². The Kier molecular flexibility index (Phi) is 5.00. The molecule has 1 aliphatic carbocycles. The second-order valence-corrected chi connectivity index (χ2v) is 6.92. The first-order valence-corrected chi connectivity index (χ1v) is 8.94. The van der Waals surface area contributed by atoms with Crippen molar-refractivity contribution < 1.29 is 4.79 Å². The number of carbonyl (C=O) groups excluding carboxylic acids is 1. The quantitative estimate of drug-likeness (QED) is 0.655. The molecule has 2 nitrogen and oxygen atoms in total. The van der Waals surface area contributed by atoms with Crippen molar-refractivity contribution in [3.8, 4) is 5.69 Å². The van der Waals surface area contributed by atoms with E-state index in [-0.39, 0.29) is 0 Å². The lowest BCUT2D eigenvalue weighted by Crippen LogP contribution is -2.10. The third-order valence-corrected chi connectivity index (χ3v) is 5.25. The van der Waals surface area contributed by atoms with Gasteiger partial charge in [-0.05, 0) is 44.4 Å². The molecule has 1 fully saturated rings. The zero-order valence-corrected chi connectivity index (χ0v) is 14.3. The predicted molar refractivity (Wildman–Crippen MR) is 95.4 cm³/mol. The Morgan fingerprint density at radius 3 is 2.48 bits per heavy atom. The number of hydrogen-bond donors (Lipinski definition) is 0. The first kappa shape index (κ1) is 16.0. The number of benzene rings is 1.